The van der Waals surface area contributed by atoms with Gasteiger partial charge in [0.2, 0.25) is 0 Å². The Morgan fingerprint density at radius 2 is 2.12 bits per heavy atom. The van der Waals surface area contributed by atoms with Crippen LogP contribution in [0, 0.1) is 18.3 Å². The van der Waals surface area contributed by atoms with Crippen molar-refractivity contribution in [2.75, 3.05) is 0 Å². The van der Waals surface area contributed by atoms with Gasteiger partial charge in [0.05, 0.1) is 5.92 Å². The molecule has 0 saturated heterocycles. The van der Waals surface area contributed by atoms with E-state index in [2.05, 4.69) is 4.98 Å². The Morgan fingerprint density at radius 3 is 2.56 bits per heavy atom. The molecule has 0 aliphatic rings. The van der Waals surface area contributed by atoms with Gasteiger partial charge in [-0.25, -0.2) is 0 Å². The lowest BCUT2D eigenvalue weighted by atomic mass is 9.77. The van der Waals surface area contributed by atoms with E-state index in [4.69, 9.17) is 0 Å². The molecule has 1 aromatic rings. The number of carboxylic acid groups (broad SMARTS) is 1. The third-order valence-electron chi connectivity index (χ3n) is 2.86. The Morgan fingerprint density at radius 1 is 1.50 bits per heavy atom. The molecule has 1 aromatic heterocycles. The third-order valence-corrected chi connectivity index (χ3v) is 2.86. The molecule has 0 bridgehead atoms. The average molecular weight is 221 g/mol. The van der Waals surface area contributed by atoms with Crippen LogP contribution >= 0.6 is 0 Å². The lowest BCUT2D eigenvalue weighted by molar-refractivity contribution is -0.145. The van der Waals surface area contributed by atoms with Crippen LogP contribution in [0.15, 0.2) is 18.3 Å². The minimum absolute atomic E-state index is 0.254. The van der Waals surface area contributed by atoms with Crippen LogP contribution in [0.25, 0.3) is 0 Å². The van der Waals surface area contributed by atoms with Gasteiger partial charge in [0, 0.05) is 18.3 Å². The van der Waals surface area contributed by atoms with Crippen molar-refractivity contribution in [2.45, 2.75) is 34.1 Å². The summed E-state index contributed by atoms with van der Waals surface area (Å²) >= 11 is 0. The summed E-state index contributed by atoms with van der Waals surface area (Å²) in [5, 5.41) is 9.23. The minimum atomic E-state index is -0.752. The molecule has 0 radical (unpaired) electrons. The molecule has 3 heteroatoms. The van der Waals surface area contributed by atoms with Crippen molar-refractivity contribution in [2.24, 2.45) is 11.3 Å². The predicted molar refractivity (Wildman–Crippen MR) is 63.3 cm³/mol. The van der Waals surface area contributed by atoms with Crippen molar-refractivity contribution >= 4 is 5.97 Å². The Kier molecular flexibility index (Phi) is 3.68. The number of nitrogens with zero attached hydrogens (tertiary/aromatic N) is 1. The summed E-state index contributed by atoms with van der Waals surface area (Å²) in [6.45, 7) is 7.81. The van der Waals surface area contributed by atoms with E-state index in [1.54, 1.807) is 6.20 Å². The van der Waals surface area contributed by atoms with Crippen molar-refractivity contribution in [3.63, 3.8) is 0 Å². The van der Waals surface area contributed by atoms with Crippen molar-refractivity contribution in [1.82, 2.24) is 4.98 Å². The topological polar surface area (TPSA) is 50.2 Å². The summed E-state index contributed by atoms with van der Waals surface area (Å²) < 4.78 is 0. The zero-order chi connectivity index (χ0) is 12.3. The fourth-order valence-corrected chi connectivity index (χ4v) is 1.69. The highest BCUT2D eigenvalue weighted by atomic mass is 16.4. The first-order chi connectivity index (χ1) is 7.32. The highest BCUT2D eigenvalue weighted by Crippen LogP contribution is 2.29. The van der Waals surface area contributed by atoms with Gasteiger partial charge in [-0.1, -0.05) is 26.8 Å². The second-order valence-electron chi connectivity index (χ2n) is 5.23. The summed E-state index contributed by atoms with van der Waals surface area (Å²) in [6.07, 6.45) is 2.20. The van der Waals surface area contributed by atoms with E-state index in [-0.39, 0.29) is 5.41 Å². The first-order valence-corrected chi connectivity index (χ1v) is 5.45. The summed E-state index contributed by atoms with van der Waals surface area (Å²) in [4.78, 5) is 15.5. The molecule has 1 unspecified atom stereocenters. The number of pyridine rings is 1. The molecule has 1 rings (SSSR count). The van der Waals surface area contributed by atoms with E-state index < -0.39 is 11.9 Å². The molecule has 16 heavy (non-hydrogen) atoms. The Bertz CT molecular complexity index is 380. The minimum Gasteiger partial charge on any atom is -0.481 e. The predicted octanol–water partition coefficient (Wildman–Crippen LogP) is 2.68. The number of carbonyl (C=O) groups is 1. The van der Waals surface area contributed by atoms with Gasteiger partial charge in [-0.2, -0.15) is 0 Å². The molecule has 0 saturated carbocycles. The Labute approximate surface area is 96.5 Å². The summed E-state index contributed by atoms with van der Waals surface area (Å²) in [6, 6.07) is 3.83. The quantitative estimate of drug-likeness (QED) is 0.853. The molecular weight excluding hydrogens is 202 g/mol. The van der Waals surface area contributed by atoms with Crippen molar-refractivity contribution in [1.29, 1.82) is 0 Å². The maximum absolute atomic E-state index is 11.2. The van der Waals surface area contributed by atoms with E-state index in [0.29, 0.717) is 6.42 Å². The average Bonchev–Trinajstić information content (AvgIpc) is 2.14. The van der Waals surface area contributed by atoms with Crippen LogP contribution in [0.5, 0.6) is 0 Å². The molecule has 0 aromatic carbocycles. The van der Waals surface area contributed by atoms with E-state index in [0.717, 1.165) is 11.3 Å². The molecule has 1 heterocycles. The van der Waals surface area contributed by atoms with E-state index >= 15 is 0 Å². The fraction of sp³-hybridized carbons (Fsp3) is 0.538. The summed E-state index contributed by atoms with van der Waals surface area (Å²) in [7, 11) is 0. The molecular formula is C13H19NO2. The largest absolute Gasteiger partial charge is 0.481 e. The molecule has 1 N–H and O–H groups in total. The zero-order valence-electron chi connectivity index (χ0n) is 10.3. The molecule has 0 aliphatic carbocycles. The number of carboxylic acids is 1. The zero-order valence-corrected chi connectivity index (χ0v) is 10.3. The number of hydrogen-bond donors (Lipinski definition) is 1. The van der Waals surface area contributed by atoms with Crippen LogP contribution in [0.2, 0.25) is 0 Å². The second-order valence-corrected chi connectivity index (χ2v) is 5.23. The maximum atomic E-state index is 11.2. The summed E-state index contributed by atoms with van der Waals surface area (Å²) in [5.41, 5.74) is 1.68. The maximum Gasteiger partial charge on any atom is 0.307 e. The third kappa shape index (κ3) is 3.05. The number of hydrogen-bond acceptors (Lipinski definition) is 2. The Balaban J connectivity index is 2.94. The monoisotopic (exact) mass is 221 g/mol. The van der Waals surface area contributed by atoms with Gasteiger partial charge in [0.15, 0.2) is 0 Å². The molecule has 88 valence electrons. The van der Waals surface area contributed by atoms with Crippen LogP contribution in [-0.4, -0.2) is 16.1 Å². The molecule has 0 amide bonds. The smallest absolute Gasteiger partial charge is 0.307 e. The van der Waals surface area contributed by atoms with Gasteiger partial charge in [-0.15, -0.1) is 0 Å². The van der Waals surface area contributed by atoms with Gasteiger partial charge in [0.25, 0.3) is 0 Å². The fourth-order valence-electron chi connectivity index (χ4n) is 1.69. The van der Waals surface area contributed by atoms with Crippen LogP contribution < -0.4 is 0 Å². The normalized spacial score (nSPS) is 13.5. The number of aromatic nitrogens is 1. The SMILES string of the molecule is Cc1cccnc1CC(C(=O)O)C(C)(C)C. The first-order valence-electron chi connectivity index (χ1n) is 5.45. The second kappa shape index (κ2) is 4.64. The molecule has 0 fully saturated rings. The first kappa shape index (κ1) is 12.7. The lowest BCUT2D eigenvalue weighted by Gasteiger charge is -2.27. The highest BCUT2D eigenvalue weighted by molar-refractivity contribution is 5.71. The van der Waals surface area contributed by atoms with Crippen LogP contribution in [0.3, 0.4) is 0 Å². The molecule has 1 atom stereocenters. The van der Waals surface area contributed by atoms with Crippen LogP contribution in [0.1, 0.15) is 32.0 Å². The number of rotatable bonds is 3. The Hall–Kier alpha value is -1.38. The van der Waals surface area contributed by atoms with Crippen LogP contribution in [-0.2, 0) is 11.2 Å². The van der Waals surface area contributed by atoms with Crippen LogP contribution in [0.4, 0.5) is 0 Å². The number of aryl methyl sites for hydroxylation is 1. The van der Waals surface area contributed by atoms with Gasteiger partial charge in [0.1, 0.15) is 0 Å². The molecule has 3 nitrogen and oxygen atoms in total. The summed E-state index contributed by atoms with van der Waals surface area (Å²) in [5.74, 6) is -1.15. The van der Waals surface area contributed by atoms with E-state index in [1.807, 2.05) is 39.8 Å². The molecule has 0 spiro atoms. The lowest BCUT2D eigenvalue weighted by Crippen LogP contribution is -2.30. The van der Waals surface area contributed by atoms with Crippen molar-refractivity contribution in [3.8, 4) is 0 Å². The van der Waals surface area contributed by atoms with E-state index in [1.165, 1.54) is 0 Å². The van der Waals surface area contributed by atoms with Gasteiger partial charge >= 0.3 is 5.97 Å². The van der Waals surface area contributed by atoms with Crippen molar-refractivity contribution in [3.05, 3.63) is 29.6 Å². The van der Waals surface area contributed by atoms with Gasteiger partial charge in [-0.3, -0.25) is 9.78 Å². The van der Waals surface area contributed by atoms with Crippen molar-refractivity contribution < 1.29 is 9.90 Å². The standard InChI is InChI=1S/C13H19NO2/c1-9-6-5-7-14-11(9)8-10(12(15)16)13(2,3)4/h5-7,10H,8H2,1-4H3,(H,15,16). The number of aliphatic carboxylic acids is 1. The highest BCUT2D eigenvalue weighted by Gasteiger charge is 2.31. The van der Waals surface area contributed by atoms with E-state index in [9.17, 15) is 9.90 Å². The molecule has 0 aliphatic heterocycles. The van der Waals surface area contributed by atoms with Gasteiger partial charge in [-0.05, 0) is 24.0 Å². The van der Waals surface area contributed by atoms with Gasteiger partial charge < -0.3 is 5.11 Å².